The number of nitrogens with one attached hydrogen (secondary N) is 1. The summed E-state index contributed by atoms with van der Waals surface area (Å²) in [7, 11) is 4.66. The van der Waals surface area contributed by atoms with Crippen LogP contribution in [-0.4, -0.2) is 54.2 Å². The summed E-state index contributed by atoms with van der Waals surface area (Å²) >= 11 is 0. The predicted molar refractivity (Wildman–Crippen MR) is 151 cm³/mol. The number of nitrogens with zero attached hydrogens (tertiary/aromatic N) is 4. The van der Waals surface area contributed by atoms with Crippen LogP contribution in [0.5, 0.6) is 17.2 Å². The largest absolute Gasteiger partial charge is 0.497 e. The van der Waals surface area contributed by atoms with Crippen LogP contribution in [0, 0.1) is 0 Å². The van der Waals surface area contributed by atoms with Crippen molar-refractivity contribution in [2.24, 2.45) is 0 Å². The molecule has 208 valence electrons. The van der Waals surface area contributed by atoms with Crippen molar-refractivity contribution < 1.29 is 23.8 Å². The third-order valence-corrected chi connectivity index (χ3v) is 7.20. The first-order valence-corrected chi connectivity index (χ1v) is 13.3. The number of carbonyl (C=O) groups is 2. The van der Waals surface area contributed by atoms with Gasteiger partial charge in [-0.2, -0.15) is 0 Å². The van der Waals surface area contributed by atoms with Gasteiger partial charge >= 0.3 is 0 Å². The van der Waals surface area contributed by atoms with Crippen molar-refractivity contribution in [1.29, 1.82) is 0 Å². The normalized spacial score (nSPS) is 14.1. The second kappa shape index (κ2) is 12.1. The molecule has 1 unspecified atom stereocenters. The molecule has 5 rings (SSSR count). The van der Waals surface area contributed by atoms with Crippen molar-refractivity contribution in [3.05, 3.63) is 72.3 Å². The summed E-state index contributed by atoms with van der Waals surface area (Å²) in [6.07, 6.45) is 3.91. The van der Waals surface area contributed by atoms with Gasteiger partial charge in [0.25, 0.3) is 0 Å². The Labute approximate surface area is 232 Å². The van der Waals surface area contributed by atoms with Gasteiger partial charge in [0.2, 0.25) is 11.8 Å². The fraction of sp³-hybridized carbons (Fsp3) is 0.333. The lowest BCUT2D eigenvalue weighted by Gasteiger charge is -2.33. The van der Waals surface area contributed by atoms with Gasteiger partial charge in [-0.25, -0.2) is 4.68 Å². The number of para-hydroxylation sites is 1. The molecule has 1 atom stereocenters. The summed E-state index contributed by atoms with van der Waals surface area (Å²) in [5.74, 6) is 0.931. The molecule has 1 aliphatic carbocycles. The van der Waals surface area contributed by atoms with Gasteiger partial charge in [-0.15, -0.1) is 5.10 Å². The van der Waals surface area contributed by atoms with Crippen LogP contribution in [0.2, 0.25) is 0 Å². The van der Waals surface area contributed by atoms with E-state index in [1.54, 1.807) is 68.5 Å². The van der Waals surface area contributed by atoms with Crippen LogP contribution in [0.15, 0.2) is 66.7 Å². The van der Waals surface area contributed by atoms with Gasteiger partial charge in [0, 0.05) is 23.9 Å². The lowest BCUT2D eigenvalue weighted by Crippen LogP contribution is -2.47. The molecule has 0 saturated heterocycles. The molecular weight excluding hydrogens is 510 g/mol. The first-order valence-electron chi connectivity index (χ1n) is 13.3. The van der Waals surface area contributed by atoms with E-state index in [4.69, 9.17) is 14.2 Å². The monoisotopic (exact) mass is 543 g/mol. The highest BCUT2D eigenvalue weighted by Gasteiger charge is 2.35. The number of benzene rings is 3. The quantitative estimate of drug-likeness (QED) is 0.318. The molecule has 0 radical (unpaired) electrons. The number of hydrogen-bond donors (Lipinski definition) is 1. The number of hydrogen-bond acceptors (Lipinski definition) is 7. The van der Waals surface area contributed by atoms with Crippen LogP contribution < -0.4 is 24.4 Å². The molecule has 0 spiro atoms. The topological polar surface area (TPSA) is 108 Å². The summed E-state index contributed by atoms with van der Waals surface area (Å²) in [4.78, 5) is 29.9. The Bertz CT molecular complexity index is 1470. The van der Waals surface area contributed by atoms with Gasteiger partial charge < -0.3 is 19.5 Å². The van der Waals surface area contributed by atoms with Gasteiger partial charge in [0.15, 0.2) is 0 Å². The molecule has 0 bridgehead atoms. The standard InChI is InChI=1S/C30H33N5O5/c1-38-23-12-8-11-22(17-23)35(28(36)19-34-27-14-7-6-13-26(27)32-33-34)29(30(37)31-21-9-4-5-10-21)20-15-24(39-2)18-25(16-20)40-3/h6-8,11-18,21,29H,4-5,9-10,19H2,1-3H3,(H,31,37). The number of ether oxygens (including phenoxy) is 3. The molecule has 1 heterocycles. The summed E-state index contributed by atoms with van der Waals surface area (Å²) in [5, 5.41) is 11.6. The molecule has 1 aromatic heterocycles. The van der Waals surface area contributed by atoms with Gasteiger partial charge in [0.1, 0.15) is 35.4 Å². The van der Waals surface area contributed by atoms with Crippen LogP contribution in [0.25, 0.3) is 11.0 Å². The number of aromatic nitrogens is 3. The SMILES string of the molecule is COc1cc(OC)cc(C(C(=O)NC2CCCC2)N(C(=O)Cn2nnc3ccccc32)c2cccc(OC)c2)c1. The summed E-state index contributed by atoms with van der Waals surface area (Å²) < 4.78 is 18.1. The van der Waals surface area contributed by atoms with E-state index in [2.05, 4.69) is 15.6 Å². The predicted octanol–water partition coefficient (Wildman–Crippen LogP) is 4.29. The molecule has 1 aliphatic rings. The average Bonchev–Trinajstić information content (AvgIpc) is 3.65. The Morgan fingerprint density at radius 1 is 0.925 bits per heavy atom. The third kappa shape index (κ3) is 5.70. The lowest BCUT2D eigenvalue weighted by atomic mass is 10.0. The summed E-state index contributed by atoms with van der Waals surface area (Å²) in [6, 6.07) is 18.8. The van der Waals surface area contributed by atoms with Gasteiger partial charge in [-0.05, 0) is 54.8 Å². The maximum absolute atomic E-state index is 14.3. The van der Waals surface area contributed by atoms with Crippen molar-refractivity contribution in [3.63, 3.8) is 0 Å². The van der Waals surface area contributed by atoms with Crippen LogP contribution in [-0.2, 0) is 16.1 Å². The number of fused-ring (bicyclic) bond motifs is 1. The Balaban J connectivity index is 1.63. The summed E-state index contributed by atoms with van der Waals surface area (Å²) in [5.41, 5.74) is 2.45. The van der Waals surface area contributed by atoms with Gasteiger partial charge in [-0.3, -0.25) is 14.5 Å². The molecule has 1 saturated carbocycles. The van der Waals surface area contributed by atoms with Crippen molar-refractivity contribution in [1.82, 2.24) is 20.3 Å². The van der Waals surface area contributed by atoms with E-state index in [0.29, 0.717) is 34.0 Å². The van der Waals surface area contributed by atoms with Crippen LogP contribution in [0.1, 0.15) is 37.3 Å². The molecule has 4 aromatic rings. The van der Waals surface area contributed by atoms with Crippen molar-refractivity contribution >= 4 is 28.5 Å². The zero-order valence-electron chi connectivity index (χ0n) is 22.9. The Hall–Kier alpha value is -4.60. The zero-order chi connectivity index (χ0) is 28.1. The third-order valence-electron chi connectivity index (χ3n) is 7.20. The smallest absolute Gasteiger partial charge is 0.249 e. The van der Waals surface area contributed by atoms with E-state index in [1.165, 1.54) is 4.90 Å². The lowest BCUT2D eigenvalue weighted by molar-refractivity contribution is -0.127. The molecule has 1 N–H and O–H groups in total. The molecule has 10 nitrogen and oxygen atoms in total. The van der Waals surface area contributed by atoms with Crippen LogP contribution in [0.3, 0.4) is 0 Å². The molecule has 1 fully saturated rings. The van der Waals surface area contributed by atoms with E-state index in [0.717, 1.165) is 31.2 Å². The number of methoxy groups -OCH3 is 3. The van der Waals surface area contributed by atoms with E-state index < -0.39 is 6.04 Å². The first-order chi connectivity index (χ1) is 19.5. The van der Waals surface area contributed by atoms with Crippen LogP contribution >= 0.6 is 0 Å². The second-order valence-electron chi connectivity index (χ2n) is 9.74. The van der Waals surface area contributed by atoms with Crippen LogP contribution in [0.4, 0.5) is 5.69 Å². The van der Waals surface area contributed by atoms with E-state index >= 15 is 0 Å². The van der Waals surface area contributed by atoms with Gasteiger partial charge in [-0.1, -0.05) is 36.3 Å². The Kier molecular flexibility index (Phi) is 8.14. The molecule has 10 heteroatoms. The Morgan fingerprint density at radius 3 is 2.33 bits per heavy atom. The van der Waals surface area contributed by atoms with E-state index in [1.807, 2.05) is 24.3 Å². The van der Waals surface area contributed by atoms with E-state index in [-0.39, 0.29) is 24.4 Å². The minimum Gasteiger partial charge on any atom is -0.497 e. The molecular formula is C30H33N5O5. The van der Waals surface area contributed by atoms with Crippen molar-refractivity contribution in [2.75, 3.05) is 26.2 Å². The maximum Gasteiger partial charge on any atom is 0.249 e. The summed E-state index contributed by atoms with van der Waals surface area (Å²) in [6.45, 7) is -0.133. The number of rotatable bonds is 10. The zero-order valence-corrected chi connectivity index (χ0v) is 22.9. The van der Waals surface area contributed by atoms with Gasteiger partial charge in [0.05, 0.1) is 26.8 Å². The highest BCUT2D eigenvalue weighted by molar-refractivity contribution is 6.02. The number of carbonyl (C=O) groups excluding carboxylic acids is 2. The first kappa shape index (κ1) is 27.0. The minimum absolute atomic E-state index is 0.0454. The molecule has 3 aromatic carbocycles. The second-order valence-corrected chi connectivity index (χ2v) is 9.74. The van der Waals surface area contributed by atoms with Crippen molar-refractivity contribution in [2.45, 2.75) is 44.3 Å². The number of anilines is 1. The fourth-order valence-corrected chi connectivity index (χ4v) is 5.19. The fourth-order valence-electron chi connectivity index (χ4n) is 5.19. The number of amides is 2. The Morgan fingerprint density at radius 2 is 1.62 bits per heavy atom. The molecule has 0 aliphatic heterocycles. The van der Waals surface area contributed by atoms with Crippen molar-refractivity contribution in [3.8, 4) is 17.2 Å². The highest BCUT2D eigenvalue weighted by atomic mass is 16.5. The van der Waals surface area contributed by atoms with E-state index in [9.17, 15) is 9.59 Å². The minimum atomic E-state index is -1.03. The average molecular weight is 544 g/mol. The maximum atomic E-state index is 14.3. The molecule has 2 amide bonds. The molecule has 40 heavy (non-hydrogen) atoms. The highest BCUT2D eigenvalue weighted by Crippen LogP contribution is 2.35.